The van der Waals surface area contributed by atoms with Crippen LogP contribution in [0.3, 0.4) is 0 Å². The number of amides is 1. The van der Waals surface area contributed by atoms with Gasteiger partial charge in [-0.05, 0) is 73.9 Å². The first kappa shape index (κ1) is 31.0. The summed E-state index contributed by atoms with van der Waals surface area (Å²) in [6.45, 7) is 2.87. The van der Waals surface area contributed by atoms with Gasteiger partial charge in [0.1, 0.15) is 27.6 Å². The number of likely N-dealkylation sites (tertiary alicyclic amines) is 1. The molecule has 0 spiro atoms. The van der Waals surface area contributed by atoms with E-state index >= 15 is 8.78 Å². The van der Waals surface area contributed by atoms with Crippen molar-refractivity contribution in [2.75, 3.05) is 6.54 Å². The van der Waals surface area contributed by atoms with Crippen LogP contribution in [-0.4, -0.2) is 39.1 Å². The van der Waals surface area contributed by atoms with Crippen molar-refractivity contribution in [1.82, 2.24) is 14.5 Å². The molecule has 1 aromatic carbocycles. The lowest BCUT2D eigenvalue weighted by Crippen LogP contribution is -2.58. The van der Waals surface area contributed by atoms with Crippen LogP contribution >= 0.6 is 23.2 Å². The zero-order valence-electron chi connectivity index (χ0n) is 23.6. The molecule has 14 heteroatoms. The Morgan fingerprint density at radius 1 is 1.09 bits per heavy atom. The maximum atomic E-state index is 16.3. The van der Waals surface area contributed by atoms with Gasteiger partial charge in [-0.3, -0.25) is 19.1 Å². The Kier molecular flexibility index (Phi) is 7.64. The number of alkyl halides is 3. The number of hydrogen-bond acceptors (Lipinski definition) is 4. The highest BCUT2D eigenvalue weighted by Gasteiger charge is 2.51. The summed E-state index contributed by atoms with van der Waals surface area (Å²) in [5.41, 5.74) is -0.911. The summed E-state index contributed by atoms with van der Waals surface area (Å²) < 4.78 is 73.4. The summed E-state index contributed by atoms with van der Waals surface area (Å²) >= 11 is 12.6. The van der Waals surface area contributed by atoms with Gasteiger partial charge in [0.05, 0.1) is 11.3 Å². The summed E-state index contributed by atoms with van der Waals surface area (Å²) in [5.74, 6) is -3.80. The molecule has 1 saturated carbocycles. The minimum absolute atomic E-state index is 0.109. The van der Waals surface area contributed by atoms with E-state index in [-0.39, 0.29) is 46.1 Å². The molecule has 0 radical (unpaired) electrons. The van der Waals surface area contributed by atoms with Crippen LogP contribution in [0.2, 0.25) is 10.0 Å². The second kappa shape index (κ2) is 11.1. The summed E-state index contributed by atoms with van der Waals surface area (Å²) in [4.78, 5) is 31.0. The normalized spacial score (nSPS) is 19.4. The Balaban J connectivity index is 1.38. The van der Waals surface area contributed by atoms with Crippen molar-refractivity contribution in [3.63, 3.8) is 0 Å². The molecule has 1 aliphatic heterocycles. The van der Waals surface area contributed by atoms with E-state index < -0.39 is 52.1 Å². The molecule has 7 nitrogen and oxygen atoms in total. The molecule has 4 aromatic rings. The Hall–Kier alpha value is -4.03. The molecular formula is C31H23Cl2F5N4O3. The molecule has 1 aliphatic carbocycles. The molecule has 0 unspecified atom stereocenters. The second-order valence-electron chi connectivity index (χ2n) is 11.3. The molecule has 2 aliphatic rings. The predicted octanol–water partition coefficient (Wildman–Crippen LogP) is 6.78. The smallest absolute Gasteiger partial charge is 0.408 e. The van der Waals surface area contributed by atoms with Crippen molar-refractivity contribution >= 4 is 29.1 Å². The number of benzene rings is 1. The van der Waals surface area contributed by atoms with Crippen molar-refractivity contribution in [2.45, 2.75) is 50.7 Å². The van der Waals surface area contributed by atoms with E-state index in [0.717, 1.165) is 16.7 Å². The van der Waals surface area contributed by atoms with Gasteiger partial charge in [0.2, 0.25) is 0 Å². The fourth-order valence-corrected chi connectivity index (χ4v) is 6.47. The number of pyridine rings is 3. The van der Waals surface area contributed by atoms with Crippen LogP contribution in [0.15, 0.2) is 53.7 Å². The van der Waals surface area contributed by atoms with E-state index in [4.69, 9.17) is 23.2 Å². The molecule has 1 saturated heterocycles. The highest BCUT2D eigenvalue weighted by molar-refractivity contribution is 6.31. The van der Waals surface area contributed by atoms with Crippen LogP contribution < -0.4 is 10.3 Å². The monoisotopic (exact) mass is 664 g/mol. The van der Waals surface area contributed by atoms with Crippen LogP contribution in [0.4, 0.5) is 22.0 Å². The molecular weight excluding hydrogens is 642 g/mol. The summed E-state index contributed by atoms with van der Waals surface area (Å²) in [7, 11) is 0. The highest BCUT2D eigenvalue weighted by atomic mass is 35.5. The van der Waals surface area contributed by atoms with Crippen LogP contribution in [0.25, 0.3) is 16.9 Å². The summed E-state index contributed by atoms with van der Waals surface area (Å²) in [6, 6.07) is 4.67. The number of aryl methyl sites for hydroxylation is 2. The van der Waals surface area contributed by atoms with Gasteiger partial charge in [-0.2, -0.15) is 17.9 Å². The molecule has 6 rings (SSSR count). The van der Waals surface area contributed by atoms with E-state index in [1.807, 2.05) is 0 Å². The number of hydrogen-bond donors (Lipinski definition) is 0. The zero-order valence-corrected chi connectivity index (χ0v) is 25.1. The number of halogens is 7. The topological polar surface area (TPSA) is 82.1 Å². The Morgan fingerprint density at radius 3 is 2.47 bits per heavy atom. The van der Waals surface area contributed by atoms with Crippen LogP contribution in [0.1, 0.15) is 57.4 Å². The molecule has 45 heavy (non-hydrogen) atoms. The fraction of sp³-hybridized carbons (Fsp3) is 0.290. The highest BCUT2D eigenvalue weighted by Crippen LogP contribution is 2.56. The van der Waals surface area contributed by atoms with Crippen LogP contribution in [-0.2, 0) is 0 Å². The molecule has 0 bridgehead atoms. The second-order valence-corrected chi connectivity index (χ2v) is 12.1. The number of rotatable bonds is 5. The molecule has 0 N–H and O–H groups in total. The van der Waals surface area contributed by atoms with E-state index in [1.165, 1.54) is 31.6 Å². The van der Waals surface area contributed by atoms with E-state index in [2.05, 4.69) is 4.98 Å². The number of carbonyl (C=O) groups excluding carboxylic acids is 1. The number of aromatic nitrogens is 3. The lowest BCUT2D eigenvalue weighted by molar-refractivity contribution is -0.605. The minimum atomic E-state index is -4.67. The van der Waals surface area contributed by atoms with Gasteiger partial charge >= 0.3 is 6.18 Å². The molecule has 2 fully saturated rings. The average Bonchev–Trinajstić information content (AvgIpc) is 3.72. The standard InChI is InChI=1S/C31H23Cl2F5N4O3/c1-14-11-39-27(18-4-3-5-19(25(18)34)29(43)41-7-6-23(41)31(36,37)38)26(35)28(14)42-15(2)8-22(24(33)30(42)44)21-10-20(21)16-9-17(32)13-40(45)12-16/h3-5,8-9,11-13,20-21,23H,6-7,10H2,1-2H3/t20-,21+,23-/m1/s1. The van der Waals surface area contributed by atoms with E-state index in [1.54, 1.807) is 19.1 Å². The third-order valence-electron chi connectivity index (χ3n) is 8.35. The first-order valence-electron chi connectivity index (χ1n) is 13.8. The molecule has 234 valence electrons. The van der Waals surface area contributed by atoms with Gasteiger partial charge < -0.3 is 10.1 Å². The predicted molar refractivity (Wildman–Crippen MR) is 156 cm³/mol. The molecule has 3 atom stereocenters. The van der Waals surface area contributed by atoms with Crippen molar-refractivity contribution in [3.05, 3.63) is 114 Å². The van der Waals surface area contributed by atoms with Crippen LogP contribution in [0.5, 0.6) is 0 Å². The molecule has 3 aromatic heterocycles. The van der Waals surface area contributed by atoms with Crippen molar-refractivity contribution in [3.8, 4) is 16.9 Å². The maximum absolute atomic E-state index is 16.3. The zero-order chi connectivity index (χ0) is 32.5. The van der Waals surface area contributed by atoms with Gasteiger partial charge in [-0.1, -0.05) is 29.3 Å². The van der Waals surface area contributed by atoms with Gasteiger partial charge in [0.25, 0.3) is 11.5 Å². The molecule has 4 heterocycles. The third-order valence-corrected chi connectivity index (χ3v) is 8.94. The Bertz CT molecular complexity index is 1930. The Morgan fingerprint density at radius 2 is 1.82 bits per heavy atom. The number of carbonyl (C=O) groups is 1. The molecule has 1 amide bonds. The van der Waals surface area contributed by atoms with Crippen molar-refractivity contribution in [2.24, 2.45) is 0 Å². The number of nitrogens with zero attached hydrogens (tertiary/aromatic N) is 4. The first-order chi connectivity index (χ1) is 21.2. The van der Waals surface area contributed by atoms with Crippen LogP contribution in [0, 0.1) is 30.7 Å². The lowest BCUT2D eigenvalue weighted by atomic mass is 9.98. The summed E-state index contributed by atoms with van der Waals surface area (Å²) in [5, 5.41) is 12.0. The van der Waals surface area contributed by atoms with Crippen molar-refractivity contribution in [1.29, 1.82) is 0 Å². The fourth-order valence-electron chi connectivity index (χ4n) is 5.96. The van der Waals surface area contributed by atoms with Crippen molar-refractivity contribution < 1.29 is 31.5 Å². The van der Waals surface area contributed by atoms with Gasteiger partial charge in [0.15, 0.2) is 18.2 Å². The lowest BCUT2D eigenvalue weighted by Gasteiger charge is -2.41. The van der Waals surface area contributed by atoms with Gasteiger partial charge in [-0.25, -0.2) is 8.78 Å². The SMILES string of the molecule is Cc1cnc(-c2cccc(C(=O)N3CC[C@@H]3C(F)(F)F)c2F)c(F)c1-n1c(C)cc([C@H]2C[C@@H]2c2cc(Cl)c[n+]([O-])c2)c(Cl)c1=O. The average molecular weight is 665 g/mol. The van der Waals surface area contributed by atoms with Gasteiger partial charge in [0, 0.05) is 29.6 Å². The quantitative estimate of drug-likeness (QED) is 0.134. The van der Waals surface area contributed by atoms with Gasteiger partial charge in [-0.15, -0.1) is 0 Å². The Labute approximate surface area is 263 Å². The largest absolute Gasteiger partial charge is 0.619 e. The minimum Gasteiger partial charge on any atom is -0.619 e. The third kappa shape index (κ3) is 5.33. The van der Waals surface area contributed by atoms with E-state index in [9.17, 15) is 28.0 Å². The van der Waals surface area contributed by atoms with E-state index in [0.29, 0.717) is 32.9 Å². The summed E-state index contributed by atoms with van der Waals surface area (Å²) in [6.07, 6.45) is -0.528. The maximum Gasteiger partial charge on any atom is 0.408 e. The first-order valence-corrected chi connectivity index (χ1v) is 14.6.